The van der Waals surface area contributed by atoms with Gasteiger partial charge in [-0.1, -0.05) is 6.92 Å². The van der Waals surface area contributed by atoms with Gasteiger partial charge in [0.1, 0.15) is 0 Å². The zero-order valence-corrected chi connectivity index (χ0v) is 13.3. The Morgan fingerprint density at radius 3 is 2.60 bits per heavy atom. The summed E-state index contributed by atoms with van der Waals surface area (Å²) in [5.41, 5.74) is 0. The van der Waals surface area contributed by atoms with E-state index < -0.39 is 0 Å². The summed E-state index contributed by atoms with van der Waals surface area (Å²) in [7, 11) is 0. The smallest absolute Gasteiger partial charge is 0.221 e. The number of carbonyl (C=O) groups is 1. The summed E-state index contributed by atoms with van der Waals surface area (Å²) in [4.78, 5) is 16.0. The van der Waals surface area contributed by atoms with E-state index in [1.807, 2.05) is 20.8 Å². The van der Waals surface area contributed by atoms with Crippen molar-refractivity contribution >= 4 is 11.9 Å². The third kappa shape index (κ3) is 10.6. The highest BCUT2D eigenvalue weighted by Gasteiger charge is 2.05. The van der Waals surface area contributed by atoms with Crippen molar-refractivity contribution in [1.82, 2.24) is 16.0 Å². The van der Waals surface area contributed by atoms with Crippen LogP contribution in [0.2, 0.25) is 0 Å². The van der Waals surface area contributed by atoms with Crippen molar-refractivity contribution in [2.24, 2.45) is 4.99 Å². The van der Waals surface area contributed by atoms with Gasteiger partial charge >= 0.3 is 0 Å². The number of guanidine groups is 1. The molecule has 0 aliphatic heterocycles. The number of carbonyl (C=O) groups excluding carboxylic acids is 1. The highest BCUT2D eigenvalue weighted by molar-refractivity contribution is 5.81. The molecule has 6 heteroatoms. The normalized spacial score (nSPS) is 12.9. The van der Waals surface area contributed by atoms with Gasteiger partial charge in [0.15, 0.2) is 5.96 Å². The molecule has 0 bridgehead atoms. The molecule has 0 aliphatic rings. The molecular weight excluding hydrogens is 256 g/mol. The number of amides is 1. The minimum Gasteiger partial charge on any atom is -0.380 e. The quantitative estimate of drug-likeness (QED) is 0.317. The Balaban J connectivity index is 3.92. The van der Waals surface area contributed by atoms with Crippen molar-refractivity contribution < 1.29 is 9.53 Å². The van der Waals surface area contributed by atoms with Crippen molar-refractivity contribution in [1.29, 1.82) is 0 Å². The molecule has 0 aromatic carbocycles. The number of aliphatic imine (C=N–C) groups is 1. The highest BCUT2D eigenvalue weighted by Crippen LogP contribution is 1.89. The minimum atomic E-state index is 0.0667. The van der Waals surface area contributed by atoms with Gasteiger partial charge < -0.3 is 20.7 Å². The number of hydrogen-bond donors (Lipinski definition) is 3. The summed E-state index contributed by atoms with van der Waals surface area (Å²) >= 11 is 0. The fraction of sp³-hybridized carbons (Fsp3) is 0.857. The molecule has 1 atom stereocenters. The topological polar surface area (TPSA) is 74.8 Å². The standard InChI is InChI=1S/C14H30N4O2/c1-5-12(4)18-13(19)8-9-16-14(15-6-2)17-10-11-20-7-3/h12H,5-11H2,1-4H3,(H,18,19)(H2,15,16,17). The van der Waals surface area contributed by atoms with Crippen molar-refractivity contribution in [2.75, 3.05) is 32.8 Å². The van der Waals surface area contributed by atoms with Gasteiger partial charge in [0.25, 0.3) is 0 Å². The van der Waals surface area contributed by atoms with Gasteiger partial charge in [-0.2, -0.15) is 0 Å². The molecule has 1 amide bonds. The van der Waals surface area contributed by atoms with Crippen LogP contribution in [0.4, 0.5) is 0 Å². The second-order valence-corrected chi connectivity index (χ2v) is 4.51. The van der Waals surface area contributed by atoms with E-state index in [9.17, 15) is 4.79 Å². The highest BCUT2D eigenvalue weighted by atomic mass is 16.5. The van der Waals surface area contributed by atoms with E-state index in [-0.39, 0.29) is 11.9 Å². The average Bonchev–Trinajstić information content (AvgIpc) is 2.43. The zero-order valence-electron chi connectivity index (χ0n) is 13.3. The number of ether oxygens (including phenoxy) is 1. The second-order valence-electron chi connectivity index (χ2n) is 4.51. The van der Waals surface area contributed by atoms with Crippen molar-refractivity contribution in [3.63, 3.8) is 0 Å². The van der Waals surface area contributed by atoms with E-state index >= 15 is 0 Å². The Morgan fingerprint density at radius 1 is 1.25 bits per heavy atom. The average molecular weight is 286 g/mol. The molecular formula is C14H30N4O2. The van der Waals surface area contributed by atoms with E-state index in [0.29, 0.717) is 32.7 Å². The van der Waals surface area contributed by atoms with Crippen molar-refractivity contribution in [3.8, 4) is 0 Å². The van der Waals surface area contributed by atoms with E-state index in [1.165, 1.54) is 0 Å². The molecule has 0 radical (unpaired) electrons. The fourth-order valence-corrected chi connectivity index (χ4v) is 1.45. The second kappa shape index (κ2) is 12.7. The summed E-state index contributed by atoms with van der Waals surface area (Å²) in [6.07, 6.45) is 1.39. The molecule has 1 unspecified atom stereocenters. The van der Waals surface area contributed by atoms with Crippen LogP contribution in [0.5, 0.6) is 0 Å². The fourth-order valence-electron chi connectivity index (χ4n) is 1.45. The van der Waals surface area contributed by atoms with Gasteiger partial charge in [0.2, 0.25) is 5.91 Å². The van der Waals surface area contributed by atoms with Gasteiger partial charge in [0, 0.05) is 32.2 Å². The van der Waals surface area contributed by atoms with Gasteiger partial charge in [-0.25, -0.2) is 0 Å². The number of nitrogens with one attached hydrogen (secondary N) is 3. The number of nitrogens with zero attached hydrogens (tertiary/aromatic N) is 1. The third-order valence-electron chi connectivity index (χ3n) is 2.72. The Kier molecular flexibility index (Phi) is 11.9. The third-order valence-corrected chi connectivity index (χ3v) is 2.72. The molecule has 20 heavy (non-hydrogen) atoms. The molecule has 0 heterocycles. The molecule has 3 N–H and O–H groups in total. The lowest BCUT2D eigenvalue weighted by molar-refractivity contribution is -0.121. The van der Waals surface area contributed by atoms with Gasteiger partial charge in [-0.3, -0.25) is 9.79 Å². The Morgan fingerprint density at radius 2 is 2.00 bits per heavy atom. The summed E-state index contributed by atoms with van der Waals surface area (Å²) in [6, 6.07) is 0.232. The van der Waals surface area contributed by atoms with Crippen LogP contribution in [-0.2, 0) is 9.53 Å². The molecule has 0 spiro atoms. The minimum absolute atomic E-state index is 0.0667. The van der Waals surface area contributed by atoms with E-state index in [0.717, 1.165) is 18.9 Å². The van der Waals surface area contributed by atoms with Crippen molar-refractivity contribution in [3.05, 3.63) is 0 Å². The maximum absolute atomic E-state index is 11.6. The first kappa shape index (κ1) is 18.7. The molecule has 0 aliphatic carbocycles. The summed E-state index contributed by atoms with van der Waals surface area (Å²) in [5.74, 6) is 0.792. The molecule has 0 rings (SSSR count). The van der Waals surface area contributed by atoms with E-state index in [2.05, 4.69) is 27.9 Å². The zero-order chi connectivity index (χ0) is 15.2. The maximum atomic E-state index is 11.6. The Hall–Kier alpha value is -1.30. The van der Waals surface area contributed by atoms with Gasteiger partial charge in [0.05, 0.1) is 13.2 Å². The molecule has 0 fully saturated rings. The number of rotatable bonds is 10. The molecule has 0 saturated carbocycles. The van der Waals surface area contributed by atoms with Crippen molar-refractivity contribution in [2.45, 2.75) is 46.6 Å². The maximum Gasteiger partial charge on any atom is 0.221 e. The van der Waals surface area contributed by atoms with Crippen LogP contribution in [0.25, 0.3) is 0 Å². The summed E-state index contributed by atoms with van der Waals surface area (Å²) in [6.45, 7) is 11.3. The first-order valence-electron chi connectivity index (χ1n) is 7.53. The van der Waals surface area contributed by atoms with Crippen LogP contribution in [0.1, 0.15) is 40.5 Å². The van der Waals surface area contributed by atoms with Crippen LogP contribution in [-0.4, -0.2) is 50.8 Å². The first-order chi connectivity index (χ1) is 9.63. The largest absolute Gasteiger partial charge is 0.380 e. The molecule has 0 aromatic heterocycles. The molecule has 6 nitrogen and oxygen atoms in total. The van der Waals surface area contributed by atoms with Gasteiger partial charge in [-0.15, -0.1) is 0 Å². The van der Waals surface area contributed by atoms with Crippen LogP contribution in [0.3, 0.4) is 0 Å². The van der Waals surface area contributed by atoms with E-state index in [1.54, 1.807) is 0 Å². The van der Waals surface area contributed by atoms with Crippen LogP contribution >= 0.6 is 0 Å². The Labute approximate surface area is 122 Å². The monoisotopic (exact) mass is 286 g/mol. The Bertz CT molecular complexity index is 282. The van der Waals surface area contributed by atoms with Gasteiger partial charge in [-0.05, 0) is 27.2 Å². The summed E-state index contributed by atoms with van der Waals surface area (Å²) in [5, 5.41) is 9.22. The predicted molar refractivity (Wildman–Crippen MR) is 83.0 cm³/mol. The van der Waals surface area contributed by atoms with Crippen LogP contribution in [0, 0.1) is 0 Å². The van der Waals surface area contributed by atoms with Crippen LogP contribution < -0.4 is 16.0 Å². The molecule has 0 saturated heterocycles. The lowest BCUT2D eigenvalue weighted by Gasteiger charge is -2.13. The molecule has 0 aromatic rings. The van der Waals surface area contributed by atoms with E-state index in [4.69, 9.17) is 4.74 Å². The molecule has 118 valence electrons. The lowest BCUT2D eigenvalue weighted by Crippen LogP contribution is -2.40. The first-order valence-corrected chi connectivity index (χ1v) is 7.53. The predicted octanol–water partition coefficient (Wildman–Crippen LogP) is 0.883. The summed E-state index contributed by atoms with van der Waals surface area (Å²) < 4.78 is 5.23. The SMILES string of the molecule is CCNC(=NCCOCC)NCCC(=O)NC(C)CC. The van der Waals surface area contributed by atoms with Crippen LogP contribution in [0.15, 0.2) is 4.99 Å². The number of hydrogen-bond acceptors (Lipinski definition) is 3. The lowest BCUT2D eigenvalue weighted by atomic mass is 10.2.